The zero-order valence-corrected chi connectivity index (χ0v) is 11.4. The quantitative estimate of drug-likeness (QED) is 0.788. The molecule has 4 nitrogen and oxygen atoms in total. The third-order valence-electron chi connectivity index (χ3n) is 5.02. The van der Waals surface area contributed by atoms with Crippen LogP contribution in [0, 0.1) is 11.8 Å². The van der Waals surface area contributed by atoms with Gasteiger partial charge >= 0.3 is 0 Å². The Morgan fingerprint density at radius 2 is 2.17 bits per heavy atom. The highest BCUT2D eigenvalue weighted by molar-refractivity contribution is 5.00. The van der Waals surface area contributed by atoms with Crippen molar-refractivity contribution < 1.29 is 9.84 Å². The Bertz CT molecular complexity index is 287. The van der Waals surface area contributed by atoms with Crippen LogP contribution in [-0.4, -0.2) is 73.5 Å². The van der Waals surface area contributed by atoms with Crippen LogP contribution in [0.1, 0.15) is 19.3 Å². The van der Waals surface area contributed by atoms with E-state index in [9.17, 15) is 5.11 Å². The van der Waals surface area contributed by atoms with Crippen molar-refractivity contribution in [1.29, 1.82) is 0 Å². The molecule has 3 rings (SSSR count). The van der Waals surface area contributed by atoms with E-state index in [1.807, 2.05) is 0 Å². The van der Waals surface area contributed by atoms with Crippen LogP contribution in [0.25, 0.3) is 0 Å². The highest BCUT2D eigenvalue weighted by atomic mass is 16.5. The second-order valence-electron chi connectivity index (χ2n) is 6.31. The summed E-state index contributed by atoms with van der Waals surface area (Å²) in [7, 11) is 1.65. The van der Waals surface area contributed by atoms with E-state index >= 15 is 0 Å². The fraction of sp³-hybridized carbons (Fsp3) is 1.00. The standard InChI is InChI=1S/C14H26N2O2/c1-18-10-12(17)8-15-6-11-7-16-5-3-2-4-14(16)13(11)9-15/h11-14,17H,2-10H2,1H3/t11-,12-,13-,14-/m1/s1. The van der Waals surface area contributed by atoms with Crippen molar-refractivity contribution in [3.05, 3.63) is 0 Å². The van der Waals surface area contributed by atoms with E-state index in [1.165, 1.54) is 45.4 Å². The number of β-amino-alcohol motifs (C(OH)–C–C–N with tert-alkyl or cyclic N) is 1. The fourth-order valence-corrected chi connectivity index (χ4v) is 4.34. The van der Waals surface area contributed by atoms with Gasteiger partial charge in [0.1, 0.15) is 0 Å². The molecule has 0 amide bonds. The molecule has 3 aliphatic rings. The molecule has 3 heterocycles. The number of ether oxygens (including phenoxy) is 1. The molecule has 0 unspecified atom stereocenters. The molecular formula is C14H26N2O2. The van der Waals surface area contributed by atoms with Gasteiger partial charge in [-0.1, -0.05) is 6.42 Å². The van der Waals surface area contributed by atoms with Gasteiger partial charge in [0.2, 0.25) is 0 Å². The number of aliphatic hydroxyl groups is 1. The number of rotatable bonds is 4. The molecule has 0 aromatic rings. The summed E-state index contributed by atoms with van der Waals surface area (Å²) < 4.78 is 5.01. The maximum absolute atomic E-state index is 9.83. The second kappa shape index (κ2) is 5.45. The first kappa shape index (κ1) is 12.9. The zero-order valence-electron chi connectivity index (χ0n) is 11.4. The molecule has 3 fully saturated rings. The molecule has 0 aromatic heterocycles. The van der Waals surface area contributed by atoms with Crippen molar-refractivity contribution in [3.63, 3.8) is 0 Å². The lowest BCUT2D eigenvalue weighted by Gasteiger charge is -2.33. The van der Waals surface area contributed by atoms with Crippen molar-refractivity contribution in [1.82, 2.24) is 9.80 Å². The Labute approximate surface area is 110 Å². The van der Waals surface area contributed by atoms with Crippen LogP contribution in [0.4, 0.5) is 0 Å². The Hall–Kier alpha value is -0.160. The average molecular weight is 254 g/mol. The van der Waals surface area contributed by atoms with Gasteiger partial charge in [-0.15, -0.1) is 0 Å². The van der Waals surface area contributed by atoms with Crippen molar-refractivity contribution in [2.24, 2.45) is 11.8 Å². The lowest BCUT2D eigenvalue weighted by molar-refractivity contribution is 0.0387. The molecule has 3 saturated heterocycles. The van der Waals surface area contributed by atoms with Crippen LogP contribution >= 0.6 is 0 Å². The molecule has 1 N–H and O–H groups in total. The zero-order chi connectivity index (χ0) is 12.5. The van der Waals surface area contributed by atoms with Crippen molar-refractivity contribution >= 4 is 0 Å². The summed E-state index contributed by atoms with van der Waals surface area (Å²) in [6.45, 7) is 6.23. The second-order valence-corrected chi connectivity index (χ2v) is 6.31. The first-order valence-electron chi connectivity index (χ1n) is 7.41. The Morgan fingerprint density at radius 3 is 3.00 bits per heavy atom. The van der Waals surface area contributed by atoms with E-state index in [2.05, 4.69) is 9.80 Å². The number of aliphatic hydroxyl groups excluding tert-OH is 1. The average Bonchev–Trinajstić information content (AvgIpc) is 2.86. The molecule has 0 spiro atoms. The Kier molecular flexibility index (Phi) is 3.89. The molecule has 0 saturated carbocycles. The van der Waals surface area contributed by atoms with Gasteiger partial charge in [-0.2, -0.15) is 0 Å². The van der Waals surface area contributed by atoms with E-state index < -0.39 is 0 Å². The minimum atomic E-state index is -0.323. The van der Waals surface area contributed by atoms with Crippen molar-refractivity contribution in [2.45, 2.75) is 31.4 Å². The lowest BCUT2D eigenvalue weighted by atomic mass is 9.90. The van der Waals surface area contributed by atoms with Crippen LogP contribution in [0.3, 0.4) is 0 Å². The van der Waals surface area contributed by atoms with Gasteiger partial charge in [0, 0.05) is 39.3 Å². The van der Waals surface area contributed by atoms with E-state index in [0.29, 0.717) is 6.61 Å². The predicted octanol–water partition coefficient (Wildman–Crippen LogP) is 0.410. The monoisotopic (exact) mass is 254 g/mol. The summed E-state index contributed by atoms with van der Waals surface area (Å²) in [5.41, 5.74) is 0. The van der Waals surface area contributed by atoms with Gasteiger partial charge < -0.3 is 9.84 Å². The summed E-state index contributed by atoms with van der Waals surface area (Å²) in [5.74, 6) is 1.71. The summed E-state index contributed by atoms with van der Waals surface area (Å²) >= 11 is 0. The fourth-order valence-electron chi connectivity index (χ4n) is 4.34. The third kappa shape index (κ3) is 2.44. The first-order valence-corrected chi connectivity index (χ1v) is 7.41. The van der Waals surface area contributed by atoms with Gasteiger partial charge in [-0.05, 0) is 31.2 Å². The molecule has 3 aliphatic heterocycles. The minimum Gasteiger partial charge on any atom is -0.389 e. The minimum absolute atomic E-state index is 0.323. The molecule has 18 heavy (non-hydrogen) atoms. The van der Waals surface area contributed by atoms with Crippen LogP contribution in [0.5, 0.6) is 0 Å². The number of nitrogens with zero attached hydrogens (tertiary/aromatic N) is 2. The highest BCUT2D eigenvalue weighted by Crippen LogP contribution is 2.40. The van der Waals surface area contributed by atoms with E-state index in [0.717, 1.165) is 24.4 Å². The Morgan fingerprint density at radius 1 is 1.28 bits per heavy atom. The maximum atomic E-state index is 9.83. The van der Waals surface area contributed by atoms with Gasteiger partial charge in [-0.3, -0.25) is 9.80 Å². The smallest absolute Gasteiger partial charge is 0.0900 e. The summed E-state index contributed by atoms with van der Waals surface area (Å²) in [6.07, 6.45) is 3.88. The number of piperidine rings is 1. The third-order valence-corrected chi connectivity index (χ3v) is 5.02. The van der Waals surface area contributed by atoms with E-state index in [-0.39, 0.29) is 6.10 Å². The molecule has 0 radical (unpaired) electrons. The molecule has 0 aromatic carbocycles. The van der Waals surface area contributed by atoms with E-state index in [1.54, 1.807) is 7.11 Å². The molecule has 0 aliphatic carbocycles. The maximum Gasteiger partial charge on any atom is 0.0900 e. The first-order chi connectivity index (χ1) is 8.78. The SMILES string of the molecule is COC[C@H](O)CN1C[C@@H]2CN3CCCC[C@@H]3[C@@H]2C1. The van der Waals surface area contributed by atoms with Gasteiger partial charge in [0.25, 0.3) is 0 Å². The summed E-state index contributed by atoms with van der Waals surface area (Å²) in [6, 6.07) is 0.841. The van der Waals surface area contributed by atoms with Crippen LogP contribution < -0.4 is 0 Å². The number of fused-ring (bicyclic) bond motifs is 3. The van der Waals surface area contributed by atoms with Gasteiger partial charge in [-0.25, -0.2) is 0 Å². The summed E-state index contributed by atoms with van der Waals surface area (Å²) in [4.78, 5) is 5.17. The largest absolute Gasteiger partial charge is 0.389 e. The highest BCUT2D eigenvalue weighted by Gasteiger charge is 2.47. The topological polar surface area (TPSA) is 35.9 Å². The molecule has 104 valence electrons. The van der Waals surface area contributed by atoms with Gasteiger partial charge in [0.05, 0.1) is 12.7 Å². The lowest BCUT2D eigenvalue weighted by Crippen LogP contribution is -2.41. The number of hydrogen-bond donors (Lipinski definition) is 1. The predicted molar refractivity (Wildman–Crippen MR) is 70.5 cm³/mol. The molecule has 4 atom stereocenters. The number of likely N-dealkylation sites (tertiary alicyclic amines) is 1. The normalized spacial score (nSPS) is 38.7. The van der Waals surface area contributed by atoms with Crippen molar-refractivity contribution in [2.75, 3.05) is 46.4 Å². The Balaban J connectivity index is 1.53. The summed E-state index contributed by atoms with van der Waals surface area (Å²) in [5, 5.41) is 9.83. The molecular weight excluding hydrogens is 228 g/mol. The number of hydrogen-bond acceptors (Lipinski definition) is 4. The van der Waals surface area contributed by atoms with Crippen molar-refractivity contribution in [3.8, 4) is 0 Å². The molecule has 0 bridgehead atoms. The van der Waals surface area contributed by atoms with Crippen LogP contribution in [0.15, 0.2) is 0 Å². The van der Waals surface area contributed by atoms with Crippen LogP contribution in [0.2, 0.25) is 0 Å². The van der Waals surface area contributed by atoms with E-state index in [4.69, 9.17) is 4.74 Å². The van der Waals surface area contributed by atoms with Gasteiger partial charge in [0.15, 0.2) is 0 Å². The number of methoxy groups -OCH3 is 1. The molecule has 4 heteroatoms. The van der Waals surface area contributed by atoms with Crippen LogP contribution in [-0.2, 0) is 4.74 Å².